The number of hydrogen-bond donors (Lipinski definition) is 2. The molecule has 2 rings (SSSR count). The van der Waals surface area contributed by atoms with E-state index in [-0.39, 0.29) is 11.7 Å². The Hall–Kier alpha value is -2.36. The second-order valence-electron chi connectivity index (χ2n) is 4.24. The minimum absolute atomic E-state index is 0.202. The van der Waals surface area contributed by atoms with Crippen LogP contribution >= 0.6 is 0 Å². The molecule has 4 heteroatoms. The van der Waals surface area contributed by atoms with E-state index in [0.29, 0.717) is 11.3 Å². The first kappa shape index (κ1) is 13.1. The van der Waals surface area contributed by atoms with Gasteiger partial charge in [0.25, 0.3) is 5.91 Å². The molecule has 0 aliphatic heterocycles. The lowest BCUT2D eigenvalue weighted by Gasteiger charge is -2.09. The quantitative estimate of drug-likeness (QED) is 0.885. The van der Waals surface area contributed by atoms with Gasteiger partial charge in [-0.3, -0.25) is 4.79 Å². The van der Waals surface area contributed by atoms with Crippen molar-refractivity contribution in [3.8, 4) is 0 Å². The Labute approximate surface area is 111 Å². The highest BCUT2D eigenvalue weighted by Crippen LogP contribution is 2.17. The second kappa shape index (κ2) is 5.52. The molecule has 0 fully saturated rings. The van der Waals surface area contributed by atoms with Crippen molar-refractivity contribution < 1.29 is 9.18 Å². The lowest BCUT2D eigenvalue weighted by molar-refractivity contribution is 0.102. The Bertz CT molecular complexity index is 594. The van der Waals surface area contributed by atoms with E-state index in [9.17, 15) is 9.18 Å². The summed E-state index contributed by atoms with van der Waals surface area (Å²) >= 11 is 0. The molecule has 1 amide bonds. The summed E-state index contributed by atoms with van der Waals surface area (Å²) in [6, 6.07) is 11.2. The zero-order chi connectivity index (χ0) is 13.8. The molecule has 0 aliphatic carbocycles. The van der Waals surface area contributed by atoms with E-state index in [2.05, 4.69) is 10.6 Å². The molecule has 0 saturated heterocycles. The molecule has 0 atom stereocenters. The fourth-order valence-electron chi connectivity index (χ4n) is 1.81. The van der Waals surface area contributed by atoms with Crippen LogP contribution in [0.2, 0.25) is 0 Å². The van der Waals surface area contributed by atoms with Gasteiger partial charge < -0.3 is 10.6 Å². The van der Waals surface area contributed by atoms with E-state index in [0.717, 1.165) is 11.3 Å². The number of benzene rings is 2. The van der Waals surface area contributed by atoms with Gasteiger partial charge in [0, 0.05) is 24.0 Å². The zero-order valence-electron chi connectivity index (χ0n) is 10.8. The lowest BCUT2D eigenvalue weighted by atomic mass is 10.1. The maximum atomic E-state index is 12.8. The predicted octanol–water partition coefficient (Wildman–Crippen LogP) is 3.43. The van der Waals surface area contributed by atoms with E-state index >= 15 is 0 Å². The first-order valence-corrected chi connectivity index (χ1v) is 5.95. The van der Waals surface area contributed by atoms with Gasteiger partial charge in [0.15, 0.2) is 0 Å². The van der Waals surface area contributed by atoms with Gasteiger partial charge in [-0.25, -0.2) is 4.39 Å². The fraction of sp³-hybridized carbons (Fsp3) is 0.133. The Balaban J connectivity index is 2.18. The molecule has 2 N–H and O–H groups in total. The molecule has 98 valence electrons. The van der Waals surface area contributed by atoms with E-state index in [1.165, 1.54) is 24.3 Å². The number of nitrogens with one attached hydrogen (secondary N) is 2. The number of rotatable bonds is 3. The van der Waals surface area contributed by atoms with Gasteiger partial charge in [-0.05, 0) is 55.0 Å². The molecule has 3 nitrogen and oxygen atoms in total. The van der Waals surface area contributed by atoms with Gasteiger partial charge in [-0.15, -0.1) is 0 Å². The third kappa shape index (κ3) is 3.10. The van der Waals surface area contributed by atoms with Crippen LogP contribution in [-0.4, -0.2) is 13.0 Å². The Morgan fingerprint density at radius 1 is 1.05 bits per heavy atom. The molecular formula is C15H15FN2O. The summed E-state index contributed by atoms with van der Waals surface area (Å²) < 4.78 is 12.8. The average molecular weight is 258 g/mol. The van der Waals surface area contributed by atoms with Crippen LogP contribution in [0.25, 0.3) is 0 Å². The molecule has 0 heterocycles. The summed E-state index contributed by atoms with van der Waals surface area (Å²) in [5.74, 6) is -0.528. The maximum absolute atomic E-state index is 12.8. The molecule has 0 bridgehead atoms. The normalized spacial score (nSPS) is 10.1. The predicted molar refractivity (Wildman–Crippen MR) is 75.1 cm³/mol. The van der Waals surface area contributed by atoms with E-state index in [1.54, 1.807) is 6.07 Å². The van der Waals surface area contributed by atoms with Crippen molar-refractivity contribution in [2.24, 2.45) is 0 Å². The minimum atomic E-state index is -0.326. The number of carbonyl (C=O) groups excluding carboxylic acids is 1. The Morgan fingerprint density at radius 2 is 1.68 bits per heavy atom. The van der Waals surface area contributed by atoms with E-state index < -0.39 is 0 Å². The number of hydrogen-bond acceptors (Lipinski definition) is 2. The Morgan fingerprint density at radius 3 is 2.26 bits per heavy atom. The highest BCUT2D eigenvalue weighted by Gasteiger charge is 2.09. The highest BCUT2D eigenvalue weighted by molar-refractivity contribution is 6.05. The first-order valence-electron chi connectivity index (χ1n) is 5.95. The number of amides is 1. The summed E-state index contributed by atoms with van der Waals surface area (Å²) in [7, 11) is 1.83. The van der Waals surface area contributed by atoms with Gasteiger partial charge in [-0.1, -0.05) is 0 Å². The fourth-order valence-corrected chi connectivity index (χ4v) is 1.81. The molecule has 0 aromatic heterocycles. The van der Waals surface area contributed by atoms with Crippen molar-refractivity contribution in [3.05, 3.63) is 59.4 Å². The smallest absolute Gasteiger partial charge is 0.255 e. The molecule has 2 aromatic rings. The van der Waals surface area contributed by atoms with Crippen LogP contribution in [0.5, 0.6) is 0 Å². The van der Waals surface area contributed by atoms with Crippen molar-refractivity contribution in [1.82, 2.24) is 0 Å². The summed E-state index contributed by atoms with van der Waals surface area (Å²) in [4.78, 5) is 12.1. The molecule has 2 aromatic carbocycles. The SMILES string of the molecule is CNc1ccc(C(=O)Nc2ccc(F)cc2)c(C)c1. The Kier molecular flexibility index (Phi) is 3.80. The van der Waals surface area contributed by atoms with Crippen molar-refractivity contribution in [2.75, 3.05) is 17.7 Å². The zero-order valence-corrected chi connectivity index (χ0v) is 10.8. The minimum Gasteiger partial charge on any atom is -0.388 e. The lowest BCUT2D eigenvalue weighted by Crippen LogP contribution is -2.13. The molecule has 0 saturated carbocycles. The van der Waals surface area contributed by atoms with E-state index in [4.69, 9.17) is 0 Å². The molecule has 0 aliphatic rings. The second-order valence-corrected chi connectivity index (χ2v) is 4.24. The van der Waals surface area contributed by atoms with Crippen LogP contribution in [-0.2, 0) is 0 Å². The monoisotopic (exact) mass is 258 g/mol. The number of aryl methyl sites for hydroxylation is 1. The van der Waals surface area contributed by atoms with Gasteiger partial charge in [0.05, 0.1) is 0 Å². The van der Waals surface area contributed by atoms with Crippen molar-refractivity contribution in [3.63, 3.8) is 0 Å². The van der Waals surface area contributed by atoms with Gasteiger partial charge >= 0.3 is 0 Å². The summed E-state index contributed by atoms with van der Waals surface area (Å²) in [5, 5.41) is 5.75. The van der Waals surface area contributed by atoms with Crippen LogP contribution in [0.4, 0.5) is 15.8 Å². The summed E-state index contributed by atoms with van der Waals surface area (Å²) in [6.45, 7) is 1.88. The van der Waals surface area contributed by atoms with Crippen LogP contribution in [0.3, 0.4) is 0 Å². The number of halogens is 1. The van der Waals surface area contributed by atoms with Gasteiger partial charge in [0.1, 0.15) is 5.82 Å². The van der Waals surface area contributed by atoms with Crippen molar-refractivity contribution in [2.45, 2.75) is 6.92 Å². The van der Waals surface area contributed by atoms with Crippen molar-refractivity contribution in [1.29, 1.82) is 0 Å². The molecule has 0 unspecified atom stereocenters. The maximum Gasteiger partial charge on any atom is 0.255 e. The molecular weight excluding hydrogens is 243 g/mol. The standard InChI is InChI=1S/C15H15FN2O/c1-10-9-13(17-2)7-8-14(10)15(19)18-12-5-3-11(16)4-6-12/h3-9,17H,1-2H3,(H,18,19). The summed E-state index contributed by atoms with van der Waals surface area (Å²) in [5.41, 5.74) is 3.01. The third-order valence-corrected chi connectivity index (χ3v) is 2.86. The average Bonchev–Trinajstić information content (AvgIpc) is 2.41. The topological polar surface area (TPSA) is 41.1 Å². The largest absolute Gasteiger partial charge is 0.388 e. The first-order chi connectivity index (χ1) is 9.10. The van der Waals surface area contributed by atoms with Crippen molar-refractivity contribution >= 4 is 17.3 Å². The van der Waals surface area contributed by atoms with E-state index in [1.807, 2.05) is 26.1 Å². The molecule has 0 radical (unpaired) electrons. The molecule has 19 heavy (non-hydrogen) atoms. The van der Waals surface area contributed by atoms with Gasteiger partial charge in [0.2, 0.25) is 0 Å². The van der Waals surface area contributed by atoms with Gasteiger partial charge in [-0.2, -0.15) is 0 Å². The number of anilines is 2. The highest BCUT2D eigenvalue weighted by atomic mass is 19.1. The summed E-state index contributed by atoms with van der Waals surface area (Å²) in [6.07, 6.45) is 0. The van der Waals surface area contributed by atoms with Crippen LogP contribution in [0, 0.1) is 12.7 Å². The number of carbonyl (C=O) groups is 1. The molecule has 0 spiro atoms. The van der Waals surface area contributed by atoms with Crippen LogP contribution in [0.1, 0.15) is 15.9 Å². The van der Waals surface area contributed by atoms with Crippen LogP contribution in [0.15, 0.2) is 42.5 Å². The third-order valence-electron chi connectivity index (χ3n) is 2.86. The van der Waals surface area contributed by atoms with Crippen LogP contribution < -0.4 is 10.6 Å².